The first kappa shape index (κ1) is 26.0. The molecule has 1 N–H and O–H groups in total. The first-order valence-corrected chi connectivity index (χ1v) is 12.5. The molecule has 39 heavy (non-hydrogen) atoms. The summed E-state index contributed by atoms with van der Waals surface area (Å²) in [4.78, 5) is 33.6. The zero-order valence-electron chi connectivity index (χ0n) is 22.9. The molecule has 0 fully saturated rings. The van der Waals surface area contributed by atoms with E-state index in [9.17, 15) is 9.59 Å². The lowest BCUT2D eigenvalue weighted by Crippen LogP contribution is -2.38. The maximum absolute atomic E-state index is 13.7. The number of hydrogen-bond donors (Lipinski definition) is 1. The van der Waals surface area contributed by atoms with Gasteiger partial charge in [0.1, 0.15) is 17.3 Å². The lowest BCUT2D eigenvalue weighted by atomic mass is 9.96. The van der Waals surface area contributed by atoms with E-state index in [1.807, 2.05) is 49.3 Å². The number of pyridine rings is 1. The topological polar surface area (TPSA) is 90.6 Å². The highest BCUT2D eigenvalue weighted by Crippen LogP contribution is 2.40. The first-order valence-electron chi connectivity index (χ1n) is 12.5. The summed E-state index contributed by atoms with van der Waals surface area (Å²) in [7, 11) is 10.1. The Morgan fingerprint density at radius 1 is 0.897 bits per heavy atom. The summed E-state index contributed by atoms with van der Waals surface area (Å²) >= 11 is 0. The molecule has 0 saturated carbocycles. The fraction of sp³-hybridized carbons (Fsp3) is 0.233. The number of aryl methyl sites for hydroxylation is 1. The second-order valence-corrected chi connectivity index (χ2v) is 9.42. The highest BCUT2D eigenvalue weighted by Gasteiger charge is 2.25. The second-order valence-electron chi connectivity index (χ2n) is 9.42. The van der Waals surface area contributed by atoms with Crippen molar-refractivity contribution in [1.29, 1.82) is 0 Å². The molecule has 0 radical (unpaired) electrons. The van der Waals surface area contributed by atoms with E-state index in [4.69, 9.17) is 14.5 Å². The van der Waals surface area contributed by atoms with Crippen LogP contribution < -0.4 is 30.9 Å². The van der Waals surface area contributed by atoms with Crippen LogP contribution in [0, 0.1) is 0 Å². The predicted molar refractivity (Wildman–Crippen MR) is 156 cm³/mol. The molecule has 9 nitrogen and oxygen atoms in total. The van der Waals surface area contributed by atoms with Gasteiger partial charge < -0.3 is 19.7 Å². The third-order valence-electron chi connectivity index (χ3n) is 7.10. The lowest BCUT2D eigenvalue weighted by Gasteiger charge is -2.26. The molecule has 0 bridgehead atoms. The van der Waals surface area contributed by atoms with E-state index in [2.05, 4.69) is 29.6 Å². The number of hydrogen-bond acceptors (Lipinski definition) is 7. The van der Waals surface area contributed by atoms with Gasteiger partial charge in [0.2, 0.25) is 0 Å². The Bertz CT molecular complexity index is 1820. The van der Waals surface area contributed by atoms with Crippen molar-refractivity contribution in [2.45, 2.75) is 6.54 Å². The van der Waals surface area contributed by atoms with E-state index in [-0.39, 0.29) is 0 Å². The van der Waals surface area contributed by atoms with Crippen LogP contribution in [0.3, 0.4) is 0 Å². The fourth-order valence-electron chi connectivity index (χ4n) is 5.01. The predicted octanol–water partition coefficient (Wildman–Crippen LogP) is 3.96. The molecule has 0 unspecified atom stereocenters. The van der Waals surface area contributed by atoms with Crippen molar-refractivity contribution in [3.8, 4) is 22.6 Å². The summed E-state index contributed by atoms with van der Waals surface area (Å²) in [5.41, 5.74) is 2.51. The number of aromatic nitrogens is 3. The van der Waals surface area contributed by atoms with Crippen LogP contribution >= 0.6 is 0 Å². The number of benzene rings is 3. The SMILES string of the molecule is CNCc1c(N(C)c2ccc3ccccc3c2)nc2c(c1-c1cc(OC)cc(OC)c1)c(=O)n(C)c(=O)n2C. The maximum atomic E-state index is 13.7. The Balaban J connectivity index is 1.92. The van der Waals surface area contributed by atoms with Gasteiger partial charge in [0.25, 0.3) is 5.56 Å². The van der Waals surface area contributed by atoms with Crippen molar-refractivity contribution in [1.82, 2.24) is 19.4 Å². The molecule has 3 aromatic carbocycles. The standard InChI is InChI=1S/C30H31N5O4/c1-31-17-24-25(20-14-22(38-5)16-23(15-20)39-6)26-28(34(3)30(37)35(4)29(26)36)32-27(24)33(2)21-12-11-18-9-7-8-10-19(18)13-21/h7-16,31H,17H2,1-6H3. The number of methoxy groups -OCH3 is 2. The highest BCUT2D eigenvalue weighted by molar-refractivity contribution is 5.98. The molecule has 0 amide bonds. The van der Waals surface area contributed by atoms with Crippen LogP contribution in [0.2, 0.25) is 0 Å². The second kappa shape index (κ2) is 10.3. The van der Waals surface area contributed by atoms with Crippen molar-refractivity contribution < 1.29 is 9.47 Å². The van der Waals surface area contributed by atoms with Crippen LogP contribution in [0.5, 0.6) is 11.5 Å². The van der Waals surface area contributed by atoms with Gasteiger partial charge >= 0.3 is 5.69 Å². The summed E-state index contributed by atoms with van der Waals surface area (Å²) in [6, 6.07) is 19.9. The van der Waals surface area contributed by atoms with Crippen LogP contribution in [0.1, 0.15) is 5.56 Å². The zero-order chi connectivity index (χ0) is 27.8. The van der Waals surface area contributed by atoms with Gasteiger partial charge in [0.15, 0.2) is 5.65 Å². The van der Waals surface area contributed by atoms with Crippen LogP contribution in [-0.2, 0) is 20.6 Å². The minimum atomic E-state index is -0.449. The summed E-state index contributed by atoms with van der Waals surface area (Å²) < 4.78 is 13.6. The summed E-state index contributed by atoms with van der Waals surface area (Å²) in [5.74, 6) is 1.78. The molecule has 0 saturated heterocycles. The number of ether oxygens (including phenoxy) is 2. The Kier molecular flexibility index (Phi) is 6.84. The van der Waals surface area contributed by atoms with Crippen LogP contribution in [0.4, 0.5) is 11.5 Å². The molecule has 0 spiro atoms. The maximum Gasteiger partial charge on any atom is 0.332 e. The summed E-state index contributed by atoms with van der Waals surface area (Å²) in [6.07, 6.45) is 0. The molecule has 5 rings (SSSR count). The Labute approximate surface area is 225 Å². The minimum absolute atomic E-state index is 0.294. The van der Waals surface area contributed by atoms with E-state index < -0.39 is 11.2 Å². The van der Waals surface area contributed by atoms with Crippen LogP contribution in [-0.4, -0.2) is 42.4 Å². The number of nitrogens with one attached hydrogen (secondary N) is 1. The van der Waals surface area contributed by atoms with Crippen molar-refractivity contribution in [3.63, 3.8) is 0 Å². The molecule has 0 aliphatic heterocycles. The molecule has 0 atom stereocenters. The van der Waals surface area contributed by atoms with E-state index >= 15 is 0 Å². The normalized spacial score (nSPS) is 11.2. The molecule has 200 valence electrons. The number of anilines is 2. The molecule has 2 heterocycles. The number of nitrogens with zero attached hydrogens (tertiary/aromatic N) is 4. The van der Waals surface area contributed by atoms with Gasteiger partial charge in [-0.2, -0.15) is 0 Å². The molecular formula is C30H31N5O4. The Hall–Kier alpha value is -4.63. The highest BCUT2D eigenvalue weighted by atomic mass is 16.5. The average Bonchev–Trinajstić information content (AvgIpc) is 2.97. The van der Waals surface area contributed by atoms with Gasteiger partial charge in [-0.25, -0.2) is 9.78 Å². The van der Waals surface area contributed by atoms with Gasteiger partial charge in [-0.3, -0.25) is 13.9 Å². The van der Waals surface area contributed by atoms with E-state index in [0.29, 0.717) is 46.0 Å². The van der Waals surface area contributed by atoms with E-state index in [0.717, 1.165) is 26.6 Å². The quantitative estimate of drug-likeness (QED) is 0.344. The van der Waals surface area contributed by atoms with Gasteiger partial charge in [-0.05, 0) is 47.6 Å². The minimum Gasteiger partial charge on any atom is -0.497 e. The number of fused-ring (bicyclic) bond motifs is 2. The fourth-order valence-corrected chi connectivity index (χ4v) is 5.01. The summed E-state index contributed by atoms with van der Waals surface area (Å²) in [5, 5.41) is 5.81. The van der Waals surface area contributed by atoms with E-state index in [1.54, 1.807) is 27.3 Å². The molecule has 2 aromatic heterocycles. The monoisotopic (exact) mass is 525 g/mol. The van der Waals surface area contributed by atoms with Crippen molar-refractivity contribution in [3.05, 3.63) is 87.1 Å². The lowest BCUT2D eigenvalue weighted by molar-refractivity contribution is 0.394. The average molecular weight is 526 g/mol. The smallest absolute Gasteiger partial charge is 0.332 e. The molecule has 0 aliphatic carbocycles. The van der Waals surface area contributed by atoms with Gasteiger partial charge in [0, 0.05) is 50.6 Å². The number of rotatable bonds is 7. The van der Waals surface area contributed by atoms with Gasteiger partial charge in [-0.15, -0.1) is 0 Å². The van der Waals surface area contributed by atoms with Crippen molar-refractivity contribution in [2.75, 3.05) is 33.2 Å². The molecule has 0 aliphatic rings. The Morgan fingerprint density at radius 3 is 2.21 bits per heavy atom. The van der Waals surface area contributed by atoms with E-state index in [1.165, 1.54) is 11.6 Å². The molecule has 9 heteroatoms. The van der Waals surface area contributed by atoms with Crippen molar-refractivity contribution in [2.24, 2.45) is 14.1 Å². The third kappa shape index (κ3) is 4.40. The molecular weight excluding hydrogens is 494 g/mol. The summed E-state index contributed by atoms with van der Waals surface area (Å²) in [6.45, 7) is 0.414. The largest absolute Gasteiger partial charge is 0.497 e. The van der Waals surface area contributed by atoms with Gasteiger partial charge in [-0.1, -0.05) is 30.3 Å². The first-order chi connectivity index (χ1) is 18.8. The van der Waals surface area contributed by atoms with Crippen LogP contribution in [0.15, 0.2) is 70.3 Å². The third-order valence-corrected chi connectivity index (χ3v) is 7.10. The Morgan fingerprint density at radius 2 is 1.56 bits per heavy atom. The zero-order valence-corrected chi connectivity index (χ0v) is 22.9. The molecule has 5 aromatic rings. The van der Waals surface area contributed by atoms with Crippen molar-refractivity contribution >= 4 is 33.3 Å². The van der Waals surface area contributed by atoms with Gasteiger partial charge in [0.05, 0.1) is 19.6 Å². The van der Waals surface area contributed by atoms with Crippen LogP contribution in [0.25, 0.3) is 32.9 Å².